The molecule has 0 spiro atoms. The maximum absolute atomic E-state index is 9.36. The summed E-state index contributed by atoms with van der Waals surface area (Å²) >= 11 is 0. The van der Waals surface area contributed by atoms with E-state index < -0.39 is 0 Å². The Kier molecular flexibility index (Phi) is 3.30. The number of aromatic nitrogens is 1. The normalized spacial score (nSPS) is 10.3. The van der Waals surface area contributed by atoms with Crippen molar-refractivity contribution in [2.24, 2.45) is 0 Å². The van der Waals surface area contributed by atoms with E-state index in [9.17, 15) is 5.26 Å². The van der Waals surface area contributed by atoms with Gasteiger partial charge in [0.25, 0.3) is 0 Å². The van der Waals surface area contributed by atoms with Crippen LogP contribution in [0.15, 0.2) is 18.2 Å². The van der Waals surface area contributed by atoms with E-state index in [2.05, 4.69) is 17.1 Å². The molecule has 0 atom stereocenters. The third-order valence-electron chi connectivity index (χ3n) is 3.20. The minimum atomic E-state index is 0.647. The van der Waals surface area contributed by atoms with Crippen molar-refractivity contribution in [1.29, 1.82) is 5.26 Å². The van der Waals surface area contributed by atoms with Gasteiger partial charge < -0.3 is 9.80 Å². The number of hydrogen-bond donors (Lipinski definition) is 0. The Morgan fingerprint density at radius 3 is 2.32 bits per heavy atom. The molecule has 0 amide bonds. The van der Waals surface area contributed by atoms with Gasteiger partial charge in [0, 0.05) is 39.3 Å². The molecule has 0 N–H and O–H groups in total. The molecule has 0 aliphatic heterocycles. The SMILES string of the molecule is Cc1nc2ccc(N(C)C)cc2c(N(C)C)c1C#N. The number of pyridine rings is 1. The van der Waals surface area contributed by atoms with Crippen LogP contribution in [-0.4, -0.2) is 33.2 Å². The maximum atomic E-state index is 9.36. The number of nitrogens with zero attached hydrogens (tertiary/aromatic N) is 4. The Bertz CT molecular complexity index is 666. The summed E-state index contributed by atoms with van der Waals surface area (Å²) in [5, 5.41) is 10.4. The van der Waals surface area contributed by atoms with Gasteiger partial charge in [-0.2, -0.15) is 5.26 Å². The second kappa shape index (κ2) is 4.77. The molecule has 19 heavy (non-hydrogen) atoms. The van der Waals surface area contributed by atoms with Crippen LogP contribution in [0.5, 0.6) is 0 Å². The quantitative estimate of drug-likeness (QED) is 0.826. The predicted molar refractivity (Wildman–Crippen MR) is 79.8 cm³/mol. The first kappa shape index (κ1) is 13.2. The number of benzene rings is 1. The van der Waals surface area contributed by atoms with Crippen LogP contribution in [0.25, 0.3) is 10.9 Å². The molecule has 2 rings (SSSR count). The molecule has 0 bridgehead atoms. The highest BCUT2D eigenvalue weighted by Crippen LogP contribution is 2.32. The molecule has 0 aliphatic rings. The summed E-state index contributed by atoms with van der Waals surface area (Å²) < 4.78 is 0. The fraction of sp³-hybridized carbons (Fsp3) is 0.333. The molecular formula is C15H18N4. The summed E-state index contributed by atoms with van der Waals surface area (Å²) in [5.41, 5.74) is 4.38. The zero-order chi connectivity index (χ0) is 14.2. The fourth-order valence-corrected chi connectivity index (χ4v) is 2.23. The Labute approximate surface area is 113 Å². The highest BCUT2D eigenvalue weighted by molar-refractivity contribution is 5.97. The molecule has 0 saturated heterocycles. The van der Waals surface area contributed by atoms with Crippen molar-refractivity contribution in [3.05, 3.63) is 29.5 Å². The smallest absolute Gasteiger partial charge is 0.103 e. The molecule has 1 aromatic carbocycles. The number of hydrogen-bond acceptors (Lipinski definition) is 4. The molecule has 98 valence electrons. The van der Waals surface area contributed by atoms with E-state index in [-0.39, 0.29) is 0 Å². The van der Waals surface area contributed by atoms with Gasteiger partial charge in [0.05, 0.1) is 22.5 Å². The van der Waals surface area contributed by atoms with Crippen LogP contribution >= 0.6 is 0 Å². The van der Waals surface area contributed by atoms with E-state index >= 15 is 0 Å². The van der Waals surface area contributed by atoms with Crippen molar-refractivity contribution in [2.45, 2.75) is 6.92 Å². The molecule has 0 aliphatic carbocycles. The number of nitriles is 1. The first-order valence-corrected chi connectivity index (χ1v) is 6.14. The first-order valence-electron chi connectivity index (χ1n) is 6.14. The molecule has 0 fully saturated rings. The largest absolute Gasteiger partial charge is 0.378 e. The van der Waals surface area contributed by atoms with Gasteiger partial charge >= 0.3 is 0 Å². The Morgan fingerprint density at radius 2 is 1.79 bits per heavy atom. The van der Waals surface area contributed by atoms with Crippen LogP contribution < -0.4 is 9.80 Å². The summed E-state index contributed by atoms with van der Waals surface area (Å²) in [6, 6.07) is 8.40. The minimum Gasteiger partial charge on any atom is -0.378 e. The van der Waals surface area contributed by atoms with E-state index in [1.807, 2.05) is 57.0 Å². The summed E-state index contributed by atoms with van der Waals surface area (Å²) in [7, 11) is 7.92. The third-order valence-corrected chi connectivity index (χ3v) is 3.20. The van der Waals surface area contributed by atoms with E-state index in [0.29, 0.717) is 5.56 Å². The lowest BCUT2D eigenvalue weighted by atomic mass is 10.1. The highest BCUT2D eigenvalue weighted by atomic mass is 15.1. The van der Waals surface area contributed by atoms with Crippen LogP contribution in [0, 0.1) is 18.3 Å². The van der Waals surface area contributed by atoms with E-state index in [1.165, 1.54) is 0 Å². The maximum Gasteiger partial charge on any atom is 0.103 e. The van der Waals surface area contributed by atoms with Crippen LogP contribution in [-0.2, 0) is 0 Å². The zero-order valence-corrected chi connectivity index (χ0v) is 12.0. The average molecular weight is 254 g/mol. The van der Waals surface area contributed by atoms with Crippen molar-refractivity contribution >= 4 is 22.3 Å². The van der Waals surface area contributed by atoms with E-state index in [4.69, 9.17) is 0 Å². The molecule has 0 unspecified atom stereocenters. The van der Waals surface area contributed by atoms with Gasteiger partial charge in [-0.05, 0) is 25.1 Å². The van der Waals surface area contributed by atoms with Crippen molar-refractivity contribution in [3.63, 3.8) is 0 Å². The fourth-order valence-electron chi connectivity index (χ4n) is 2.23. The van der Waals surface area contributed by atoms with Crippen molar-refractivity contribution in [3.8, 4) is 6.07 Å². The molecular weight excluding hydrogens is 236 g/mol. The summed E-state index contributed by atoms with van der Waals surface area (Å²) in [6.07, 6.45) is 0. The van der Waals surface area contributed by atoms with Crippen molar-refractivity contribution < 1.29 is 0 Å². The molecule has 2 aromatic rings. The molecule has 0 saturated carbocycles. The number of anilines is 2. The Morgan fingerprint density at radius 1 is 1.11 bits per heavy atom. The standard InChI is InChI=1S/C15H18N4/c1-10-13(9-16)15(19(4)5)12-8-11(18(2)3)6-7-14(12)17-10/h6-8H,1-5H3. The Balaban J connectivity index is 2.88. The first-order chi connectivity index (χ1) is 8.95. The lowest BCUT2D eigenvalue weighted by molar-refractivity contribution is 1.10. The van der Waals surface area contributed by atoms with Gasteiger partial charge in [-0.15, -0.1) is 0 Å². The molecule has 1 heterocycles. The predicted octanol–water partition coefficient (Wildman–Crippen LogP) is 2.55. The van der Waals surface area contributed by atoms with Crippen LogP contribution in [0.2, 0.25) is 0 Å². The van der Waals surface area contributed by atoms with Crippen LogP contribution in [0.1, 0.15) is 11.3 Å². The van der Waals surface area contributed by atoms with Gasteiger partial charge in [-0.25, -0.2) is 0 Å². The minimum absolute atomic E-state index is 0.647. The molecule has 0 radical (unpaired) electrons. The van der Waals surface area contributed by atoms with Crippen molar-refractivity contribution in [1.82, 2.24) is 4.98 Å². The van der Waals surface area contributed by atoms with Gasteiger partial charge in [0.1, 0.15) is 6.07 Å². The van der Waals surface area contributed by atoms with E-state index in [1.54, 1.807) is 0 Å². The summed E-state index contributed by atoms with van der Waals surface area (Å²) in [5.74, 6) is 0. The number of fused-ring (bicyclic) bond motifs is 1. The molecule has 1 aromatic heterocycles. The van der Waals surface area contributed by atoms with Gasteiger partial charge in [0.15, 0.2) is 0 Å². The lowest BCUT2D eigenvalue weighted by Gasteiger charge is -2.20. The van der Waals surface area contributed by atoms with Crippen LogP contribution in [0.4, 0.5) is 11.4 Å². The topological polar surface area (TPSA) is 43.2 Å². The van der Waals surface area contributed by atoms with Crippen LogP contribution in [0.3, 0.4) is 0 Å². The lowest BCUT2D eigenvalue weighted by Crippen LogP contribution is -2.13. The van der Waals surface area contributed by atoms with E-state index in [0.717, 1.165) is 28.0 Å². The Hall–Kier alpha value is -2.28. The van der Waals surface area contributed by atoms with Crippen molar-refractivity contribution in [2.75, 3.05) is 38.0 Å². The average Bonchev–Trinajstić information content (AvgIpc) is 2.36. The van der Waals surface area contributed by atoms with Gasteiger partial charge in [0.2, 0.25) is 0 Å². The second-order valence-electron chi connectivity index (χ2n) is 5.02. The zero-order valence-electron chi connectivity index (χ0n) is 12.0. The number of rotatable bonds is 2. The monoisotopic (exact) mass is 254 g/mol. The second-order valence-corrected chi connectivity index (χ2v) is 5.02. The highest BCUT2D eigenvalue weighted by Gasteiger charge is 2.14. The molecule has 4 heteroatoms. The van der Waals surface area contributed by atoms with Gasteiger partial charge in [-0.3, -0.25) is 4.98 Å². The number of aryl methyl sites for hydroxylation is 1. The summed E-state index contributed by atoms with van der Waals surface area (Å²) in [6.45, 7) is 1.88. The summed E-state index contributed by atoms with van der Waals surface area (Å²) in [4.78, 5) is 8.55. The third kappa shape index (κ3) is 2.19. The van der Waals surface area contributed by atoms with Gasteiger partial charge in [-0.1, -0.05) is 0 Å². The molecule has 4 nitrogen and oxygen atoms in total.